The molecular formula is C14H24O2S. The van der Waals surface area contributed by atoms with Gasteiger partial charge in [0.1, 0.15) is 0 Å². The first kappa shape index (κ1) is 14.8. The number of thioether (sulfide) groups is 1. The molecule has 3 heteroatoms. The predicted octanol–water partition coefficient (Wildman–Crippen LogP) is 3.52. The predicted molar refractivity (Wildman–Crippen MR) is 75.3 cm³/mol. The third-order valence-corrected chi connectivity index (χ3v) is 3.45. The molecule has 1 saturated carbocycles. The largest absolute Gasteiger partial charge is 0.394 e. The van der Waals surface area contributed by atoms with Crippen molar-refractivity contribution in [1.82, 2.24) is 0 Å². The lowest BCUT2D eigenvalue weighted by molar-refractivity contribution is 0.0911. The fourth-order valence-corrected chi connectivity index (χ4v) is 2.09. The van der Waals surface area contributed by atoms with Gasteiger partial charge in [0.25, 0.3) is 0 Å². The zero-order valence-electron chi connectivity index (χ0n) is 11.2. The van der Waals surface area contributed by atoms with Crippen molar-refractivity contribution in [1.29, 1.82) is 0 Å². The number of aliphatic hydroxyl groups excluding tert-OH is 1. The topological polar surface area (TPSA) is 29.5 Å². The summed E-state index contributed by atoms with van der Waals surface area (Å²) in [4.78, 5) is 0. The van der Waals surface area contributed by atoms with Crippen molar-refractivity contribution in [2.75, 3.05) is 19.8 Å². The molecule has 0 aliphatic heterocycles. The van der Waals surface area contributed by atoms with Gasteiger partial charge in [0.15, 0.2) is 0 Å². The Kier molecular flexibility index (Phi) is 6.31. The monoisotopic (exact) mass is 256 g/mol. The lowest BCUT2D eigenvalue weighted by Gasteiger charge is -2.13. The summed E-state index contributed by atoms with van der Waals surface area (Å²) in [6.07, 6.45) is 5.61. The molecule has 1 aliphatic carbocycles. The zero-order valence-corrected chi connectivity index (χ0v) is 12.0. The van der Waals surface area contributed by atoms with Gasteiger partial charge < -0.3 is 9.84 Å². The first-order valence-corrected chi connectivity index (χ1v) is 7.16. The van der Waals surface area contributed by atoms with Crippen molar-refractivity contribution >= 4 is 11.8 Å². The van der Waals surface area contributed by atoms with Crippen molar-refractivity contribution in [2.45, 2.75) is 44.8 Å². The number of hydrogen-bond acceptors (Lipinski definition) is 3. The molecule has 0 saturated heterocycles. The molecule has 0 aromatic carbocycles. The lowest BCUT2D eigenvalue weighted by atomic mass is 10.3. The average molecular weight is 256 g/mol. The molecule has 0 aromatic heterocycles. The van der Waals surface area contributed by atoms with Gasteiger partial charge in [-0.15, -0.1) is 11.8 Å². The van der Waals surface area contributed by atoms with Crippen molar-refractivity contribution < 1.29 is 9.84 Å². The van der Waals surface area contributed by atoms with Crippen molar-refractivity contribution in [3.05, 3.63) is 22.6 Å². The minimum absolute atomic E-state index is 0.123. The first-order valence-electron chi connectivity index (χ1n) is 6.28. The maximum absolute atomic E-state index is 8.53. The van der Waals surface area contributed by atoms with E-state index in [-0.39, 0.29) is 6.61 Å². The van der Waals surface area contributed by atoms with Crippen LogP contribution >= 0.6 is 11.8 Å². The number of hydrogen-bond donors (Lipinski definition) is 1. The fourth-order valence-electron chi connectivity index (χ4n) is 1.36. The highest BCUT2D eigenvalue weighted by molar-refractivity contribution is 8.03. The molecule has 0 amide bonds. The third-order valence-electron chi connectivity index (χ3n) is 2.34. The van der Waals surface area contributed by atoms with Gasteiger partial charge in [-0.25, -0.2) is 0 Å². The summed E-state index contributed by atoms with van der Waals surface area (Å²) in [5.74, 6) is 0. The van der Waals surface area contributed by atoms with Crippen LogP contribution in [-0.4, -0.2) is 29.7 Å². The van der Waals surface area contributed by atoms with Crippen LogP contribution in [-0.2, 0) is 4.74 Å². The summed E-state index contributed by atoms with van der Waals surface area (Å²) < 4.78 is 5.52. The van der Waals surface area contributed by atoms with Crippen LogP contribution in [0.15, 0.2) is 22.6 Å². The minimum Gasteiger partial charge on any atom is -0.394 e. The molecule has 0 aromatic rings. The van der Waals surface area contributed by atoms with E-state index in [1.807, 2.05) is 11.8 Å². The Morgan fingerprint density at radius 1 is 1.29 bits per heavy atom. The van der Waals surface area contributed by atoms with E-state index in [4.69, 9.17) is 9.84 Å². The van der Waals surface area contributed by atoms with Gasteiger partial charge in [0.2, 0.25) is 0 Å². The van der Waals surface area contributed by atoms with E-state index in [9.17, 15) is 0 Å². The first-order chi connectivity index (χ1) is 8.03. The molecular weight excluding hydrogens is 232 g/mol. The molecule has 0 radical (unpaired) electrons. The normalized spacial score (nSPS) is 20.2. The van der Waals surface area contributed by atoms with Gasteiger partial charge in [-0.3, -0.25) is 0 Å². The Labute approximate surface area is 109 Å². The lowest BCUT2D eigenvalue weighted by Crippen LogP contribution is -2.04. The highest BCUT2D eigenvalue weighted by Crippen LogP contribution is 2.41. The maximum atomic E-state index is 8.53. The number of aliphatic hydroxyl groups is 1. The Balaban J connectivity index is 2.10. The Morgan fingerprint density at radius 3 is 2.71 bits per heavy atom. The highest BCUT2D eigenvalue weighted by atomic mass is 32.2. The molecule has 0 unspecified atom stereocenters. The average Bonchev–Trinajstić information content (AvgIpc) is 2.98. The Morgan fingerprint density at radius 2 is 2.06 bits per heavy atom. The summed E-state index contributed by atoms with van der Waals surface area (Å²) in [7, 11) is 0. The van der Waals surface area contributed by atoms with Crippen molar-refractivity contribution in [2.24, 2.45) is 0 Å². The van der Waals surface area contributed by atoms with E-state index in [0.29, 0.717) is 11.4 Å². The van der Waals surface area contributed by atoms with Crippen LogP contribution in [0.4, 0.5) is 0 Å². The molecule has 0 spiro atoms. The molecule has 98 valence electrons. The maximum Gasteiger partial charge on any atom is 0.0697 e. The number of allylic oxidation sites excluding steroid dienone is 3. The van der Waals surface area contributed by atoms with E-state index < -0.39 is 0 Å². The minimum atomic E-state index is 0.123. The second-order valence-corrected chi connectivity index (χ2v) is 6.95. The Hall–Kier alpha value is -0.250. The quantitative estimate of drug-likeness (QED) is 0.707. The summed E-state index contributed by atoms with van der Waals surface area (Å²) in [6, 6.07) is 0. The summed E-state index contributed by atoms with van der Waals surface area (Å²) >= 11 is 1.90. The van der Waals surface area contributed by atoms with E-state index in [1.54, 1.807) is 0 Å². The molecule has 1 fully saturated rings. The van der Waals surface area contributed by atoms with Gasteiger partial charge in [0.05, 0.1) is 13.2 Å². The molecule has 1 rings (SSSR count). The van der Waals surface area contributed by atoms with Crippen LogP contribution < -0.4 is 0 Å². The second-order valence-electron chi connectivity index (χ2n) is 5.26. The van der Waals surface area contributed by atoms with Crippen LogP contribution in [0.1, 0.15) is 40.0 Å². The van der Waals surface area contributed by atoms with Crippen molar-refractivity contribution in [3.63, 3.8) is 0 Å². The number of ether oxygens (including phenoxy) is 1. The standard InChI is InChI=1S/C14H24O2S/c1-14(2,3)17-11-13-10-12(13)6-4-5-8-16-9-7-15/h6,11,15H,4-5,7-10H2,1-3H3/b12-6+,13-11+. The summed E-state index contributed by atoms with van der Waals surface area (Å²) in [6.45, 7) is 8.04. The van der Waals surface area contributed by atoms with Crippen LogP contribution in [0.5, 0.6) is 0 Å². The molecule has 1 N–H and O–H groups in total. The van der Waals surface area contributed by atoms with Gasteiger partial charge in [-0.05, 0) is 35.8 Å². The van der Waals surface area contributed by atoms with E-state index in [2.05, 4.69) is 32.3 Å². The molecule has 2 nitrogen and oxygen atoms in total. The molecule has 0 atom stereocenters. The van der Waals surface area contributed by atoms with Gasteiger partial charge in [-0.1, -0.05) is 26.8 Å². The van der Waals surface area contributed by atoms with E-state index >= 15 is 0 Å². The Bertz CT molecular complexity index is 287. The van der Waals surface area contributed by atoms with Crippen LogP contribution in [0.25, 0.3) is 0 Å². The van der Waals surface area contributed by atoms with Crippen LogP contribution in [0.2, 0.25) is 0 Å². The van der Waals surface area contributed by atoms with Gasteiger partial charge >= 0.3 is 0 Å². The molecule has 1 aliphatic rings. The fraction of sp³-hybridized carbons (Fsp3) is 0.714. The van der Waals surface area contributed by atoms with E-state index in [1.165, 1.54) is 17.6 Å². The van der Waals surface area contributed by atoms with E-state index in [0.717, 1.165) is 19.4 Å². The SMILES string of the molecule is CC(C)(C)S/C=C1\C\C1=C/CCCOCCO. The molecule has 17 heavy (non-hydrogen) atoms. The highest BCUT2D eigenvalue weighted by Gasteiger charge is 2.21. The number of unbranched alkanes of at least 4 members (excludes halogenated alkanes) is 1. The van der Waals surface area contributed by atoms with Gasteiger partial charge in [-0.2, -0.15) is 0 Å². The van der Waals surface area contributed by atoms with Crippen LogP contribution in [0.3, 0.4) is 0 Å². The van der Waals surface area contributed by atoms with Crippen molar-refractivity contribution in [3.8, 4) is 0 Å². The van der Waals surface area contributed by atoms with Gasteiger partial charge in [0, 0.05) is 11.4 Å². The smallest absolute Gasteiger partial charge is 0.0697 e. The molecule has 0 heterocycles. The number of rotatable bonds is 7. The third kappa shape index (κ3) is 7.63. The van der Waals surface area contributed by atoms with Crippen LogP contribution in [0, 0.1) is 0 Å². The summed E-state index contributed by atoms with van der Waals surface area (Å²) in [5.41, 5.74) is 3.00. The molecule has 0 bridgehead atoms. The second kappa shape index (κ2) is 7.24. The zero-order chi connectivity index (χ0) is 12.7. The summed E-state index contributed by atoms with van der Waals surface area (Å²) in [5, 5.41) is 10.8.